The molecule has 0 saturated carbocycles. The summed E-state index contributed by atoms with van der Waals surface area (Å²) in [5, 5.41) is 19.1. The van der Waals surface area contributed by atoms with Crippen molar-refractivity contribution in [1.29, 1.82) is 0 Å². The van der Waals surface area contributed by atoms with E-state index < -0.39 is 5.60 Å². The Labute approximate surface area is 93.0 Å². The Kier molecular flexibility index (Phi) is 3.21. The van der Waals surface area contributed by atoms with Crippen LogP contribution in [0.2, 0.25) is 0 Å². The molecule has 1 aromatic heterocycles. The second kappa shape index (κ2) is 4.63. The number of aromatic nitrogens is 2. The fourth-order valence-corrected chi connectivity index (χ4v) is 1.62. The molecule has 1 fully saturated rings. The summed E-state index contributed by atoms with van der Waals surface area (Å²) in [5.74, 6) is -0.135. The van der Waals surface area contributed by atoms with Crippen molar-refractivity contribution < 1.29 is 14.6 Å². The summed E-state index contributed by atoms with van der Waals surface area (Å²) in [5.41, 5.74) is -0.143. The molecule has 88 valence electrons. The van der Waals surface area contributed by atoms with Crippen molar-refractivity contribution in [3.05, 3.63) is 18.0 Å². The van der Waals surface area contributed by atoms with Crippen LogP contribution < -0.4 is 5.32 Å². The number of aromatic amines is 1. The van der Waals surface area contributed by atoms with Crippen molar-refractivity contribution in [2.75, 3.05) is 19.8 Å². The maximum absolute atomic E-state index is 11.5. The molecule has 0 aliphatic carbocycles. The van der Waals surface area contributed by atoms with Crippen LogP contribution in [-0.4, -0.2) is 46.6 Å². The number of aliphatic hydroxyl groups is 1. The molecule has 3 N–H and O–H groups in total. The third-order valence-electron chi connectivity index (χ3n) is 2.61. The maximum atomic E-state index is 11.5. The first kappa shape index (κ1) is 11.1. The third-order valence-corrected chi connectivity index (χ3v) is 2.61. The number of nitrogens with zero attached hydrogens (tertiary/aromatic N) is 1. The fraction of sp³-hybridized carbons (Fsp3) is 0.600. The maximum Gasteiger partial charge on any atom is 0.226 e. The van der Waals surface area contributed by atoms with E-state index in [-0.39, 0.29) is 25.5 Å². The SMILES string of the molecule is O=C(Cc1ccn[nH]1)NCC1(O)CCOC1. The van der Waals surface area contributed by atoms with Crippen molar-refractivity contribution in [3.63, 3.8) is 0 Å². The number of carbonyl (C=O) groups is 1. The van der Waals surface area contributed by atoms with Gasteiger partial charge >= 0.3 is 0 Å². The number of carbonyl (C=O) groups excluding carboxylic acids is 1. The lowest BCUT2D eigenvalue weighted by Crippen LogP contribution is -2.43. The van der Waals surface area contributed by atoms with E-state index >= 15 is 0 Å². The Morgan fingerprint density at radius 3 is 3.25 bits per heavy atom. The van der Waals surface area contributed by atoms with Crippen molar-refractivity contribution in [1.82, 2.24) is 15.5 Å². The molecule has 0 bridgehead atoms. The highest BCUT2D eigenvalue weighted by Gasteiger charge is 2.32. The van der Waals surface area contributed by atoms with Gasteiger partial charge in [0.15, 0.2) is 0 Å². The van der Waals surface area contributed by atoms with Crippen LogP contribution in [0.5, 0.6) is 0 Å². The van der Waals surface area contributed by atoms with E-state index in [1.165, 1.54) is 0 Å². The summed E-state index contributed by atoms with van der Waals surface area (Å²) in [6.45, 7) is 1.07. The van der Waals surface area contributed by atoms with Gasteiger partial charge in [-0.2, -0.15) is 5.10 Å². The van der Waals surface area contributed by atoms with E-state index in [9.17, 15) is 9.90 Å². The van der Waals surface area contributed by atoms with Gasteiger partial charge in [0.25, 0.3) is 0 Å². The number of H-pyrrole nitrogens is 1. The molecule has 1 aliphatic rings. The van der Waals surface area contributed by atoms with Crippen LogP contribution in [-0.2, 0) is 16.0 Å². The topological polar surface area (TPSA) is 87.2 Å². The molecule has 0 radical (unpaired) electrons. The van der Waals surface area contributed by atoms with E-state index in [0.717, 1.165) is 5.69 Å². The Morgan fingerprint density at radius 1 is 1.75 bits per heavy atom. The fourth-order valence-electron chi connectivity index (χ4n) is 1.62. The molecule has 2 rings (SSSR count). The van der Waals surface area contributed by atoms with Gasteiger partial charge in [-0.25, -0.2) is 0 Å². The lowest BCUT2D eigenvalue weighted by molar-refractivity contribution is -0.121. The minimum Gasteiger partial charge on any atom is -0.386 e. The van der Waals surface area contributed by atoms with Gasteiger partial charge in [-0.05, 0) is 6.07 Å². The molecule has 2 heterocycles. The largest absolute Gasteiger partial charge is 0.386 e. The molecule has 1 unspecified atom stereocenters. The van der Waals surface area contributed by atoms with Gasteiger partial charge < -0.3 is 15.2 Å². The predicted octanol–water partition coefficient (Wildman–Crippen LogP) is -0.780. The second-order valence-corrected chi connectivity index (χ2v) is 4.06. The van der Waals surface area contributed by atoms with Gasteiger partial charge in [-0.3, -0.25) is 9.89 Å². The summed E-state index contributed by atoms with van der Waals surface area (Å²) in [4.78, 5) is 11.5. The van der Waals surface area contributed by atoms with Crippen LogP contribution in [0, 0.1) is 0 Å². The Morgan fingerprint density at radius 2 is 2.62 bits per heavy atom. The zero-order valence-corrected chi connectivity index (χ0v) is 8.90. The zero-order chi connectivity index (χ0) is 11.4. The van der Waals surface area contributed by atoms with Crippen LogP contribution >= 0.6 is 0 Å². The average molecular weight is 225 g/mol. The lowest BCUT2D eigenvalue weighted by Gasteiger charge is -2.20. The normalized spacial score (nSPS) is 24.6. The number of amides is 1. The van der Waals surface area contributed by atoms with Crippen LogP contribution in [0.1, 0.15) is 12.1 Å². The molecule has 6 heteroatoms. The van der Waals surface area contributed by atoms with E-state index in [4.69, 9.17) is 4.74 Å². The first-order chi connectivity index (χ1) is 7.68. The first-order valence-electron chi connectivity index (χ1n) is 5.23. The van der Waals surface area contributed by atoms with Gasteiger partial charge in [0.2, 0.25) is 5.91 Å². The first-order valence-corrected chi connectivity index (χ1v) is 5.23. The average Bonchev–Trinajstić information content (AvgIpc) is 2.88. The van der Waals surface area contributed by atoms with Crippen LogP contribution in [0.3, 0.4) is 0 Å². The van der Waals surface area contributed by atoms with E-state index in [2.05, 4.69) is 15.5 Å². The summed E-state index contributed by atoms with van der Waals surface area (Å²) in [6.07, 6.45) is 2.41. The summed E-state index contributed by atoms with van der Waals surface area (Å²) < 4.78 is 5.08. The smallest absolute Gasteiger partial charge is 0.226 e. The molecule has 0 aromatic carbocycles. The van der Waals surface area contributed by atoms with Gasteiger partial charge in [0, 0.05) is 31.5 Å². The van der Waals surface area contributed by atoms with E-state index in [0.29, 0.717) is 13.0 Å². The molecule has 0 spiro atoms. The van der Waals surface area contributed by atoms with Gasteiger partial charge in [0.1, 0.15) is 5.60 Å². The standard InChI is InChI=1S/C10H15N3O3/c14-9(5-8-1-3-12-13-8)11-6-10(15)2-4-16-7-10/h1,3,15H,2,4-7H2,(H,11,14)(H,12,13). The molecular weight excluding hydrogens is 210 g/mol. The van der Waals surface area contributed by atoms with Crippen LogP contribution in [0.4, 0.5) is 0 Å². The van der Waals surface area contributed by atoms with Crippen LogP contribution in [0.15, 0.2) is 12.3 Å². The third kappa shape index (κ3) is 2.80. The van der Waals surface area contributed by atoms with Crippen molar-refractivity contribution in [2.45, 2.75) is 18.4 Å². The van der Waals surface area contributed by atoms with Gasteiger partial charge in [0.05, 0.1) is 13.0 Å². The lowest BCUT2D eigenvalue weighted by atomic mass is 10.0. The highest BCUT2D eigenvalue weighted by atomic mass is 16.5. The number of nitrogens with one attached hydrogen (secondary N) is 2. The Bertz CT molecular complexity index is 344. The van der Waals surface area contributed by atoms with Crippen molar-refractivity contribution in [2.24, 2.45) is 0 Å². The highest BCUT2D eigenvalue weighted by Crippen LogP contribution is 2.16. The monoisotopic (exact) mass is 225 g/mol. The zero-order valence-electron chi connectivity index (χ0n) is 8.90. The van der Waals surface area contributed by atoms with Gasteiger partial charge in [-0.1, -0.05) is 0 Å². The number of hydrogen-bond donors (Lipinski definition) is 3. The summed E-state index contributed by atoms with van der Waals surface area (Å²) >= 11 is 0. The summed E-state index contributed by atoms with van der Waals surface area (Å²) in [7, 11) is 0. The van der Waals surface area contributed by atoms with E-state index in [1.54, 1.807) is 12.3 Å². The van der Waals surface area contributed by atoms with Crippen LogP contribution in [0.25, 0.3) is 0 Å². The minimum absolute atomic E-state index is 0.135. The molecule has 1 aromatic rings. The Balaban J connectivity index is 1.75. The van der Waals surface area contributed by atoms with Crippen molar-refractivity contribution in [3.8, 4) is 0 Å². The minimum atomic E-state index is -0.899. The predicted molar refractivity (Wildman–Crippen MR) is 55.7 cm³/mol. The number of rotatable bonds is 4. The van der Waals surface area contributed by atoms with E-state index in [1.807, 2.05) is 0 Å². The number of ether oxygens (including phenoxy) is 1. The quantitative estimate of drug-likeness (QED) is 0.627. The van der Waals surface area contributed by atoms with Gasteiger partial charge in [-0.15, -0.1) is 0 Å². The molecular formula is C10H15N3O3. The molecule has 16 heavy (non-hydrogen) atoms. The van der Waals surface area contributed by atoms with Crippen molar-refractivity contribution >= 4 is 5.91 Å². The molecule has 1 saturated heterocycles. The second-order valence-electron chi connectivity index (χ2n) is 4.06. The molecule has 1 atom stereocenters. The summed E-state index contributed by atoms with van der Waals surface area (Å²) in [6, 6.07) is 1.74. The molecule has 6 nitrogen and oxygen atoms in total. The highest BCUT2D eigenvalue weighted by molar-refractivity contribution is 5.78. The molecule has 1 aliphatic heterocycles. The molecule has 1 amide bonds. The Hall–Kier alpha value is -1.40. The number of hydrogen-bond acceptors (Lipinski definition) is 4.